The van der Waals surface area contributed by atoms with E-state index >= 15 is 0 Å². The zero-order chi connectivity index (χ0) is 21.9. The second kappa shape index (κ2) is 18.4. The van der Waals surface area contributed by atoms with Gasteiger partial charge in [-0.25, -0.2) is 0 Å². The standard InChI is InChI=1S/C27H47O3/c1-5-6-7-8-9-10-11-12-13-14-15-16-17-18-19-20-21-30-27-25(28-3)22-24(2)23-26(27)29-4/h22-23H,2,5-21H2,1,3-4H3. The minimum atomic E-state index is 0.688. The van der Waals surface area contributed by atoms with Gasteiger partial charge in [0.15, 0.2) is 11.5 Å². The highest BCUT2D eigenvalue weighted by molar-refractivity contribution is 5.54. The normalized spacial score (nSPS) is 10.9. The van der Waals surface area contributed by atoms with Crippen LogP contribution in [0.1, 0.15) is 115 Å². The molecular formula is C27H47O3. The van der Waals surface area contributed by atoms with Gasteiger partial charge in [-0.1, -0.05) is 103 Å². The van der Waals surface area contributed by atoms with Crippen LogP contribution in [0.25, 0.3) is 0 Å². The molecule has 0 aliphatic heterocycles. The molecule has 0 spiro atoms. The van der Waals surface area contributed by atoms with Crippen molar-refractivity contribution in [3.63, 3.8) is 0 Å². The number of methoxy groups -OCH3 is 2. The molecular weight excluding hydrogens is 372 g/mol. The first kappa shape index (κ1) is 26.7. The molecule has 1 radical (unpaired) electrons. The van der Waals surface area contributed by atoms with Crippen molar-refractivity contribution < 1.29 is 14.2 Å². The minimum Gasteiger partial charge on any atom is -0.493 e. The van der Waals surface area contributed by atoms with E-state index in [4.69, 9.17) is 14.2 Å². The molecule has 0 fully saturated rings. The van der Waals surface area contributed by atoms with E-state index in [2.05, 4.69) is 13.8 Å². The van der Waals surface area contributed by atoms with Gasteiger partial charge in [-0.15, -0.1) is 0 Å². The first-order valence-electron chi connectivity index (χ1n) is 12.4. The highest BCUT2D eigenvalue weighted by Crippen LogP contribution is 2.38. The largest absolute Gasteiger partial charge is 0.493 e. The summed E-state index contributed by atoms with van der Waals surface area (Å²) >= 11 is 0. The molecule has 0 saturated carbocycles. The number of unbranched alkanes of at least 4 members (excludes halogenated alkanes) is 15. The maximum atomic E-state index is 5.95. The number of benzene rings is 1. The fourth-order valence-electron chi connectivity index (χ4n) is 3.90. The molecule has 3 heteroatoms. The summed E-state index contributed by atoms with van der Waals surface area (Å²) in [7, 11) is 3.30. The zero-order valence-corrected chi connectivity index (χ0v) is 20.1. The van der Waals surface area contributed by atoms with Crippen molar-refractivity contribution in [3.8, 4) is 17.2 Å². The zero-order valence-electron chi connectivity index (χ0n) is 20.1. The number of ether oxygens (including phenoxy) is 3. The lowest BCUT2D eigenvalue weighted by molar-refractivity contribution is 0.267. The Morgan fingerprint density at radius 2 is 0.967 bits per heavy atom. The molecule has 1 aromatic rings. The molecule has 0 bridgehead atoms. The molecule has 0 unspecified atom stereocenters. The predicted octanol–water partition coefficient (Wildman–Crippen LogP) is 8.53. The molecule has 0 aliphatic rings. The van der Waals surface area contributed by atoms with E-state index in [-0.39, 0.29) is 0 Å². The van der Waals surface area contributed by atoms with E-state index in [1.54, 1.807) is 14.2 Å². The highest BCUT2D eigenvalue weighted by Gasteiger charge is 2.12. The van der Waals surface area contributed by atoms with Crippen LogP contribution in [0, 0.1) is 6.92 Å². The third kappa shape index (κ3) is 12.3. The second-order valence-corrected chi connectivity index (χ2v) is 8.48. The van der Waals surface area contributed by atoms with Crippen LogP contribution in [0.15, 0.2) is 12.1 Å². The Kier molecular flexibility index (Phi) is 16.3. The summed E-state index contributed by atoms with van der Waals surface area (Å²) in [5.41, 5.74) is 0.860. The lowest BCUT2D eigenvalue weighted by Gasteiger charge is -2.15. The van der Waals surface area contributed by atoms with Crippen LogP contribution in [-0.2, 0) is 0 Å². The molecule has 0 N–H and O–H groups in total. The van der Waals surface area contributed by atoms with Gasteiger partial charge in [-0.2, -0.15) is 0 Å². The molecule has 0 heterocycles. The quantitative estimate of drug-likeness (QED) is 0.198. The molecule has 0 aliphatic carbocycles. The van der Waals surface area contributed by atoms with E-state index in [0.717, 1.165) is 12.0 Å². The van der Waals surface area contributed by atoms with Gasteiger partial charge in [-0.3, -0.25) is 0 Å². The Morgan fingerprint density at radius 3 is 1.33 bits per heavy atom. The molecule has 0 atom stereocenters. The SMILES string of the molecule is [CH2]c1cc(OC)c(OCCCCCCCCCCCCCCCCCC)c(OC)c1. The lowest BCUT2D eigenvalue weighted by atomic mass is 10.0. The summed E-state index contributed by atoms with van der Waals surface area (Å²) in [5, 5.41) is 0. The van der Waals surface area contributed by atoms with Crippen molar-refractivity contribution >= 4 is 0 Å². The third-order valence-corrected chi connectivity index (χ3v) is 5.76. The van der Waals surface area contributed by atoms with Crippen molar-refractivity contribution in [2.75, 3.05) is 20.8 Å². The van der Waals surface area contributed by atoms with E-state index in [1.165, 1.54) is 96.3 Å². The van der Waals surface area contributed by atoms with Gasteiger partial charge in [0, 0.05) is 0 Å². The van der Waals surface area contributed by atoms with E-state index in [0.29, 0.717) is 23.9 Å². The smallest absolute Gasteiger partial charge is 0.203 e. The van der Waals surface area contributed by atoms with Crippen molar-refractivity contribution in [3.05, 3.63) is 24.6 Å². The average molecular weight is 420 g/mol. The van der Waals surface area contributed by atoms with Crippen LogP contribution in [0.5, 0.6) is 17.2 Å². The van der Waals surface area contributed by atoms with Crippen LogP contribution >= 0.6 is 0 Å². The van der Waals surface area contributed by atoms with Gasteiger partial charge in [0.05, 0.1) is 20.8 Å². The first-order valence-corrected chi connectivity index (χ1v) is 12.4. The fraction of sp³-hybridized carbons (Fsp3) is 0.741. The molecule has 1 aromatic carbocycles. The van der Waals surface area contributed by atoms with Crippen LogP contribution < -0.4 is 14.2 Å². The van der Waals surface area contributed by atoms with Crippen LogP contribution in [-0.4, -0.2) is 20.8 Å². The Hall–Kier alpha value is -1.38. The predicted molar refractivity (Wildman–Crippen MR) is 129 cm³/mol. The Labute approximate surface area is 186 Å². The van der Waals surface area contributed by atoms with Crippen LogP contribution in [0.3, 0.4) is 0 Å². The number of hydrogen-bond donors (Lipinski definition) is 0. The maximum absolute atomic E-state index is 5.95. The van der Waals surface area contributed by atoms with Gasteiger partial charge >= 0.3 is 0 Å². The summed E-state index contributed by atoms with van der Waals surface area (Å²) in [4.78, 5) is 0. The van der Waals surface area contributed by atoms with Gasteiger partial charge in [0.25, 0.3) is 0 Å². The summed E-state index contributed by atoms with van der Waals surface area (Å²) < 4.78 is 16.8. The summed E-state index contributed by atoms with van der Waals surface area (Å²) in [6.45, 7) is 6.93. The fourth-order valence-corrected chi connectivity index (χ4v) is 3.90. The molecule has 1 rings (SSSR count). The molecule has 0 amide bonds. The Balaban J connectivity index is 1.94. The molecule has 173 valence electrons. The topological polar surface area (TPSA) is 27.7 Å². The monoisotopic (exact) mass is 419 g/mol. The van der Waals surface area contributed by atoms with Crippen LogP contribution in [0.4, 0.5) is 0 Å². The third-order valence-electron chi connectivity index (χ3n) is 5.76. The van der Waals surface area contributed by atoms with E-state index < -0.39 is 0 Å². The van der Waals surface area contributed by atoms with Gasteiger partial charge in [0.1, 0.15) is 0 Å². The van der Waals surface area contributed by atoms with Crippen LogP contribution in [0.2, 0.25) is 0 Å². The summed E-state index contributed by atoms with van der Waals surface area (Å²) in [5.74, 6) is 2.07. The van der Waals surface area contributed by atoms with Gasteiger partial charge in [-0.05, 0) is 31.0 Å². The van der Waals surface area contributed by atoms with Gasteiger partial charge in [0.2, 0.25) is 5.75 Å². The Bertz CT molecular complexity index is 502. The summed E-state index contributed by atoms with van der Waals surface area (Å²) in [6, 6.07) is 3.76. The minimum absolute atomic E-state index is 0.688. The maximum Gasteiger partial charge on any atom is 0.203 e. The van der Waals surface area contributed by atoms with Gasteiger partial charge < -0.3 is 14.2 Å². The van der Waals surface area contributed by atoms with Crippen molar-refractivity contribution in [1.82, 2.24) is 0 Å². The second-order valence-electron chi connectivity index (χ2n) is 8.48. The van der Waals surface area contributed by atoms with E-state index in [9.17, 15) is 0 Å². The van der Waals surface area contributed by atoms with Crippen molar-refractivity contribution in [1.29, 1.82) is 0 Å². The lowest BCUT2D eigenvalue weighted by Crippen LogP contribution is -2.02. The summed E-state index contributed by atoms with van der Waals surface area (Å²) in [6.07, 6.45) is 22.0. The van der Waals surface area contributed by atoms with Crippen molar-refractivity contribution in [2.24, 2.45) is 0 Å². The van der Waals surface area contributed by atoms with Crippen molar-refractivity contribution in [2.45, 2.75) is 110 Å². The Morgan fingerprint density at radius 1 is 0.600 bits per heavy atom. The molecule has 0 saturated heterocycles. The number of rotatable bonds is 20. The molecule has 3 nitrogen and oxygen atoms in total. The first-order chi connectivity index (χ1) is 14.7. The number of hydrogen-bond acceptors (Lipinski definition) is 3. The molecule has 0 aromatic heterocycles. The molecule has 30 heavy (non-hydrogen) atoms. The van der Waals surface area contributed by atoms with E-state index in [1.807, 2.05) is 12.1 Å². The average Bonchev–Trinajstić information content (AvgIpc) is 2.76. The highest BCUT2D eigenvalue weighted by atomic mass is 16.5.